The second-order valence-electron chi connectivity index (χ2n) is 8.26. The predicted octanol–water partition coefficient (Wildman–Crippen LogP) is 3.92. The number of carbonyl (C=O) groups is 2. The Morgan fingerprint density at radius 2 is 2.09 bits per heavy atom. The first-order chi connectivity index (χ1) is 16.7. The van der Waals surface area contributed by atoms with Gasteiger partial charge in [0.15, 0.2) is 0 Å². The smallest absolute Gasteiger partial charge is 0.331 e. The van der Waals surface area contributed by atoms with Crippen molar-refractivity contribution < 1.29 is 9.59 Å². The molecule has 1 fully saturated rings. The highest BCUT2D eigenvalue weighted by Crippen LogP contribution is 2.45. The molecule has 4 aromatic rings. The first kappa shape index (κ1) is 20.7. The number of rotatable bonds is 4. The number of amides is 3. The molecule has 9 nitrogen and oxygen atoms in total. The van der Waals surface area contributed by atoms with Gasteiger partial charge in [-0.3, -0.25) is 9.69 Å². The molecule has 1 unspecified atom stereocenters. The zero-order valence-electron chi connectivity index (χ0n) is 18.1. The largest absolute Gasteiger partial charge is 0.347 e. The van der Waals surface area contributed by atoms with Crippen LogP contribution in [0.4, 0.5) is 21.9 Å². The number of nitrogens with zero attached hydrogens (tertiary/aromatic N) is 4. The molecule has 0 bridgehead atoms. The van der Waals surface area contributed by atoms with Crippen molar-refractivity contribution in [2.45, 2.75) is 18.9 Å². The Balaban J connectivity index is 1.40. The van der Waals surface area contributed by atoms with Crippen LogP contribution in [0.5, 0.6) is 0 Å². The van der Waals surface area contributed by atoms with Crippen LogP contribution in [-0.4, -0.2) is 46.3 Å². The lowest BCUT2D eigenvalue weighted by Gasteiger charge is -2.28. The van der Waals surface area contributed by atoms with Gasteiger partial charge in [0.1, 0.15) is 9.71 Å². The molecule has 1 atom stereocenters. The number of hydrogen-bond acceptors (Lipinski definition) is 7. The van der Waals surface area contributed by atoms with E-state index < -0.39 is 0 Å². The lowest BCUT2D eigenvalue weighted by molar-refractivity contribution is 0.0935. The predicted molar refractivity (Wildman–Crippen MR) is 132 cm³/mol. The quantitative estimate of drug-likeness (QED) is 0.416. The number of piperidine rings is 1. The Kier molecular flexibility index (Phi) is 5.16. The fourth-order valence-corrected chi connectivity index (χ4v) is 5.48. The maximum atomic E-state index is 13.3. The molecule has 0 aliphatic carbocycles. The molecule has 0 spiro atoms. The number of carbonyl (C=O) groups excluding carboxylic acids is 2. The summed E-state index contributed by atoms with van der Waals surface area (Å²) in [5, 5.41) is 18.4. The highest BCUT2D eigenvalue weighted by atomic mass is 32.1. The van der Waals surface area contributed by atoms with Crippen LogP contribution in [0.2, 0.25) is 0 Å². The zero-order valence-corrected chi connectivity index (χ0v) is 18.9. The third-order valence-electron chi connectivity index (χ3n) is 6.05. The molecule has 3 aromatic heterocycles. The van der Waals surface area contributed by atoms with Crippen molar-refractivity contribution in [2.75, 3.05) is 23.3 Å². The van der Waals surface area contributed by atoms with E-state index >= 15 is 0 Å². The van der Waals surface area contributed by atoms with Gasteiger partial charge in [0.05, 0.1) is 34.3 Å². The maximum Gasteiger partial charge on any atom is 0.331 e. The Morgan fingerprint density at radius 1 is 1.21 bits per heavy atom. The van der Waals surface area contributed by atoms with E-state index in [-0.39, 0.29) is 18.0 Å². The second kappa shape index (κ2) is 8.47. The minimum absolute atomic E-state index is 0.0705. The van der Waals surface area contributed by atoms with Gasteiger partial charge in [-0.1, -0.05) is 30.3 Å². The highest BCUT2D eigenvalue weighted by Gasteiger charge is 2.33. The molecule has 170 valence electrons. The standard InChI is InChI=1S/C24H21N7O2S/c32-22(28-15-7-4-9-25-12-15)21-20-19-18(8-10-26-23(19)34-21)31(24(33)29-20)16-11-17(30-27-13-16)14-5-2-1-3-6-14/h1-3,5-6,8,10-11,13,15,25H,4,7,9,12H2,(H,28,32)(H,29,33). The number of anilines is 3. The molecule has 3 N–H and O–H groups in total. The molecule has 3 amide bonds. The summed E-state index contributed by atoms with van der Waals surface area (Å²) in [4.78, 5) is 33.6. The fourth-order valence-electron chi connectivity index (χ4n) is 4.46. The number of nitrogens with one attached hydrogen (secondary N) is 3. The normalized spacial score (nSPS) is 17.5. The van der Waals surface area contributed by atoms with Gasteiger partial charge in [0, 0.05) is 24.3 Å². The van der Waals surface area contributed by atoms with Gasteiger partial charge in [-0.15, -0.1) is 11.3 Å². The number of urea groups is 1. The van der Waals surface area contributed by atoms with Crippen LogP contribution < -0.4 is 20.9 Å². The molecule has 2 aliphatic rings. The van der Waals surface area contributed by atoms with Crippen LogP contribution in [0.25, 0.3) is 21.5 Å². The molecule has 10 heteroatoms. The van der Waals surface area contributed by atoms with Crippen molar-refractivity contribution in [3.8, 4) is 11.3 Å². The van der Waals surface area contributed by atoms with E-state index in [1.165, 1.54) is 11.3 Å². The molecule has 0 radical (unpaired) electrons. The highest BCUT2D eigenvalue weighted by molar-refractivity contribution is 7.21. The summed E-state index contributed by atoms with van der Waals surface area (Å²) in [6, 6.07) is 13.0. The summed E-state index contributed by atoms with van der Waals surface area (Å²) in [6.07, 6.45) is 5.16. The summed E-state index contributed by atoms with van der Waals surface area (Å²) >= 11 is 1.29. The van der Waals surface area contributed by atoms with E-state index in [1.807, 2.05) is 36.4 Å². The number of thiophene rings is 1. The van der Waals surface area contributed by atoms with Crippen LogP contribution >= 0.6 is 11.3 Å². The second-order valence-corrected chi connectivity index (χ2v) is 9.26. The summed E-state index contributed by atoms with van der Waals surface area (Å²) in [6.45, 7) is 1.71. The summed E-state index contributed by atoms with van der Waals surface area (Å²) in [5.74, 6) is -0.191. The molecule has 2 aliphatic heterocycles. The Morgan fingerprint density at radius 3 is 2.91 bits per heavy atom. The molecular weight excluding hydrogens is 450 g/mol. The molecule has 1 aromatic carbocycles. The van der Waals surface area contributed by atoms with Gasteiger partial charge in [0.2, 0.25) is 0 Å². The summed E-state index contributed by atoms with van der Waals surface area (Å²) < 4.78 is 0. The first-order valence-corrected chi connectivity index (χ1v) is 11.9. The van der Waals surface area contributed by atoms with E-state index in [1.54, 1.807) is 23.4 Å². The first-order valence-electron chi connectivity index (χ1n) is 11.1. The minimum atomic E-state index is -0.362. The molecule has 0 saturated carbocycles. The van der Waals surface area contributed by atoms with Crippen LogP contribution in [0.3, 0.4) is 0 Å². The molecule has 34 heavy (non-hydrogen) atoms. The number of aromatic nitrogens is 3. The van der Waals surface area contributed by atoms with Crippen LogP contribution in [0.1, 0.15) is 22.5 Å². The van der Waals surface area contributed by atoms with Gasteiger partial charge in [0.25, 0.3) is 5.91 Å². The third-order valence-corrected chi connectivity index (χ3v) is 7.15. The summed E-state index contributed by atoms with van der Waals surface area (Å²) in [7, 11) is 0. The van der Waals surface area contributed by atoms with Crippen molar-refractivity contribution in [1.29, 1.82) is 0 Å². The maximum absolute atomic E-state index is 13.3. The minimum Gasteiger partial charge on any atom is -0.347 e. The Labute approximate surface area is 199 Å². The van der Waals surface area contributed by atoms with Crippen LogP contribution in [0, 0.1) is 0 Å². The van der Waals surface area contributed by atoms with Crippen molar-refractivity contribution in [2.24, 2.45) is 0 Å². The average molecular weight is 472 g/mol. The van der Waals surface area contributed by atoms with E-state index in [0.717, 1.165) is 36.9 Å². The van der Waals surface area contributed by atoms with Crippen molar-refractivity contribution in [3.63, 3.8) is 0 Å². The van der Waals surface area contributed by atoms with Gasteiger partial charge in [-0.2, -0.15) is 10.2 Å². The number of hydrogen-bond donors (Lipinski definition) is 3. The van der Waals surface area contributed by atoms with Gasteiger partial charge in [-0.25, -0.2) is 9.78 Å². The number of benzene rings is 1. The molecule has 1 saturated heterocycles. The fraction of sp³-hybridized carbons (Fsp3) is 0.208. The SMILES string of the molecule is O=C(NC1CCCNC1)c1sc2nccc3c2c1NC(=O)N3c1cnnc(-c2ccccc2)c1. The number of pyridine rings is 1. The monoisotopic (exact) mass is 471 g/mol. The van der Waals surface area contributed by atoms with E-state index in [2.05, 4.69) is 31.1 Å². The molecule has 5 heterocycles. The Hall–Kier alpha value is -3.89. The van der Waals surface area contributed by atoms with Crippen molar-refractivity contribution >= 4 is 50.6 Å². The third kappa shape index (κ3) is 3.57. The summed E-state index contributed by atoms with van der Waals surface area (Å²) in [5.41, 5.74) is 3.31. The van der Waals surface area contributed by atoms with Crippen molar-refractivity contribution in [3.05, 3.63) is 59.7 Å². The average Bonchev–Trinajstić information content (AvgIpc) is 3.25. The van der Waals surface area contributed by atoms with E-state index in [9.17, 15) is 9.59 Å². The van der Waals surface area contributed by atoms with Crippen molar-refractivity contribution in [1.82, 2.24) is 25.8 Å². The van der Waals surface area contributed by atoms with E-state index in [0.29, 0.717) is 32.5 Å². The van der Waals surface area contributed by atoms with E-state index in [4.69, 9.17) is 0 Å². The zero-order chi connectivity index (χ0) is 23.1. The lowest BCUT2D eigenvalue weighted by Crippen LogP contribution is -2.45. The molecular formula is C24H21N7O2S. The molecule has 6 rings (SSSR count). The van der Waals surface area contributed by atoms with Gasteiger partial charge < -0.3 is 16.0 Å². The lowest BCUT2D eigenvalue weighted by atomic mass is 10.1. The van der Waals surface area contributed by atoms with Gasteiger partial charge in [-0.05, 0) is 31.5 Å². The van der Waals surface area contributed by atoms with Crippen LogP contribution in [-0.2, 0) is 0 Å². The van der Waals surface area contributed by atoms with Crippen LogP contribution in [0.15, 0.2) is 54.9 Å². The van der Waals surface area contributed by atoms with Gasteiger partial charge >= 0.3 is 6.03 Å². The topological polar surface area (TPSA) is 112 Å². The Bertz CT molecular complexity index is 1400.